The van der Waals surface area contributed by atoms with E-state index in [1.54, 1.807) is 0 Å². The summed E-state index contributed by atoms with van der Waals surface area (Å²) in [7, 11) is 0. The lowest BCUT2D eigenvalue weighted by molar-refractivity contribution is -0.163. The van der Waals surface area contributed by atoms with E-state index in [1.165, 1.54) is 0 Å². The molecule has 0 spiro atoms. The fourth-order valence-electron chi connectivity index (χ4n) is 2.85. The highest BCUT2D eigenvalue weighted by atomic mass is 16.7. The average Bonchev–Trinajstić information content (AvgIpc) is 2.57. The molecule has 0 radical (unpaired) electrons. The van der Waals surface area contributed by atoms with Gasteiger partial charge in [-0.2, -0.15) is 0 Å². The lowest BCUT2D eigenvalue weighted by Crippen LogP contribution is -2.35. The number of aryl methyl sites for hydroxylation is 1. The van der Waals surface area contributed by atoms with Crippen LogP contribution >= 0.6 is 0 Å². The number of ether oxygens (including phenoxy) is 3. The van der Waals surface area contributed by atoms with Gasteiger partial charge in [0.1, 0.15) is 5.60 Å². The van der Waals surface area contributed by atoms with Gasteiger partial charge in [0.25, 0.3) is 0 Å². The summed E-state index contributed by atoms with van der Waals surface area (Å²) in [5.74, 6) is 0. The first-order chi connectivity index (χ1) is 12.3. The molecule has 1 fully saturated rings. The van der Waals surface area contributed by atoms with Crippen LogP contribution in [0.2, 0.25) is 0 Å². The number of rotatable bonds is 7. The molecule has 2 atom stereocenters. The minimum Gasteiger partial charge on any atom is -0.444 e. The first-order valence-electron chi connectivity index (χ1n) is 9.50. The number of nitrogens with zero attached hydrogens (tertiary/aromatic N) is 1. The summed E-state index contributed by atoms with van der Waals surface area (Å²) in [6.07, 6.45) is 4.24. The van der Waals surface area contributed by atoms with Gasteiger partial charge >= 0.3 is 6.09 Å². The summed E-state index contributed by atoms with van der Waals surface area (Å²) in [6, 6.07) is 5.62. The highest BCUT2D eigenvalue weighted by molar-refractivity contribution is 5.68. The van der Waals surface area contributed by atoms with E-state index in [2.05, 4.69) is 10.3 Å². The molecule has 146 valence electrons. The molecule has 0 aromatic carbocycles. The van der Waals surface area contributed by atoms with Crippen LogP contribution in [0.4, 0.5) is 4.79 Å². The maximum Gasteiger partial charge on any atom is 0.408 e. The number of amides is 1. The summed E-state index contributed by atoms with van der Waals surface area (Å²) >= 11 is 0. The molecule has 1 aromatic heterocycles. The first kappa shape index (κ1) is 20.6. The minimum atomic E-state index is -0.532. The third-order valence-corrected chi connectivity index (χ3v) is 4.04. The summed E-state index contributed by atoms with van der Waals surface area (Å²) in [6.45, 7) is 8.88. The fourth-order valence-corrected chi connectivity index (χ4v) is 2.85. The number of aromatic nitrogens is 1. The molecule has 1 saturated heterocycles. The smallest absolute Gasteiger partial charge is 0.408 e. The molecule has 1 amide bonds. The van der Waals surface area contributed by atoms with Crippen LogP contribution in [0.5, 0.6) is 0 Å². The molecule has 6 nitrogen and oxygen atoms in total. The van der Waals surface area contributed by atoms with Crippen molar-refractivity contribution in [3.8, 4) is 0 Å². The number of carbonyl (C=O) groups is 1. The molecule has 1 aromatic rings. The Labute approximate surface area is 156 Å². The Kier molecular flexibility index (Phi) is 7.85. The monoisotopic (exact) mass is 364 g/mol. The van der Waals surface area contributed by atoms with Gasteiger partial charge in [0.05, 0.1) is 11.7 Å². The van der Waals surface area contributed by atoms with Crippen molar-refractivity contribution < 1.29 is 19.0 Å². The van der Waals surface area contributed by atoms with Crippen molar-refractivity contribution in [2.75, 3.05) is 13.2 Å². The van der Waals surface area contributed by atoms with Crippen molar-refractivity contribution in [1.82, 2.24) is 10.3 Å². The standard InChI is InChI=1S/C20H32N2O4/c1-15-9-7-10-16(21-15)17(22-19(23)26-20(2,3)4)11-8-14-25-18-12-5-6-13-24-18/h7,9-10,17-18H,5-6,8,11-14H2,1-4H3,(H,22,23)/t17-,18?/m0/s1. The molecule has 0 bridgehead atoms. The van der Waals surface area contributed by atoms with Gasteiger partial charge in [-0.15, -0.1) is 0 Å². The zero-order chi connectivity index (χ0) is 19.0. The maximum atomic E-state index is 12.2. The number of hydrogen-bond acceptors (Lipinski definition) is 5. The summed E-state index contributed by atoms with van der Waals surface area (Å²) in [5.41, 5.74) is 1.23. The van der Waals surface area contributed by atoms with Crippen LogP contribution in [0.3, 0.4) is 0 Å². The summed E-state index contributed by atoms with van der Waals surface area (Å²) < 4.78 is 16.8. The molecule has 1 N–H and O–H groups in total. The molecule has 1 aliphatic heterocycles. The highest BCUT2D eigenvalue weighted by Gasteiger charge is 2.21. The molecule has 26 heavy (non-hydrogen) atoms. The quantitative estimate of drug-likeness (QED) is 0.731. The zero-order valence-corrected chi connectivity index (χ0v) is 16.4. The zero-order valence-electron chi connectivity index (χ0n) is 16.4. The fraction of sp³-hybridized carbons (Fsp3) is 0.700. The number of alkyl carbamates (subject to hydrolysis) is 1. The number of carbonyl (C=O) groups excluding carboxylic acids is 1. The van der Waals surface area contributed by atoms with E-state index in [0.29, 0.717) is 6.61 Å². The Morgan fingerprint density at radius 3 is 2.85 bits per heavy atom. The van der Waals surface area contributed by atoms with E-state index in [9.17, 15) is 4.79 Å². The summed E-state index contributed by atoms with van der Waals surface area (Å²) in [4.78, 5) is 16.8. The lowest BCUT2D eigenvalue weighted by Gasteiger charge is -2.25. The molecule has 2 rings (SSSR count). The van der Waals surface area contributed by atoms with Gasteiger partial charge in [-0.1, -0.05) is 6.07 Å². The third kappa shape index (κ3) is 7.70. The van der Waals surface area contributed by atoms with Gasteiger partial charge in [0.2, 0.25) is 0 Å². The predicted molar refractivity (Wildman–Crippen MR) is 99.9 cm³/mol. The van der Waals surface area contributed by atoms with Gasteiger partial charge in [-0.3, -0.25) is 4.98 Å². The second-order valence-electron chi connectivity index (χ2n) is 7.71. The van der Waals surface area contributed by atoms with Crippen molar-refractivity contribution >= 4 is 6.09 Å². The third-order valence-electron chi connectivity index (χ3n) is 4.04. The van der Waals surface area contributed by atoms with E-state index in [4.69, 9.17) is 14.2 Å². The van der Waals surface area contributed by atoms with Gasteiger partial charge in [-0.05, 0) is 71.9 Å². The highest BCUT2D eigenvalue weighted by Crippen LogP contribution is 2.20. The minimum absolute atomic E-state index is 0.0851. The van der Waals surface area contributed by atoms with Crippen molar-refractivity contribution in [1.29, 1.82) is 0 Å². The lowest BCUT2D eigenvalue weighted by atomic mass is 10.1. The molecular formula is C20H32N2O4. The van der Waals surface area contributed by atoms with Crippen molar-refractivity contribution in [2.45, 2.75) is 77.7 Å². The Morgan fingerprint density at radius 2 is 2.19 bits per heavy atom. The van der Waals surface area contributed by atoms with E-state index in [0.717, 1.165) is 50.1 Å². The first-order valence-corrected chi connectivity index (χ1v) is 9.50. The Balaban J connectivity index is 1.88. The molecule has 2 heterocycles. The maximum absolute atomic E-state index is 12.2. The van der Waals surface area contributed by atoms with Crippen molar-refractivity contribution in [3.05, 3.63) is 29.6 Å². The van der Waals surface area contributed by atoms with Crippen LogP contribution in [-0.2, 0) is 14.2 Å². The topological polar surface area (TPSA) is 69.7 Å². The molecule has 1 aliphatic rings. The van der Waals surface area contributed by atoms with Gasteiger partial charge in [-0.25, -0.2) is 4.79 Å². The van der Waals surface area contributed by atoms with Gasteiger partial charge < -0.3 is 19.5 Å². The number of pyridine rings is 1. The van der Waals surface area contributed by atoms with E-state index in [1.807, 2.05) is 45.9 Å². The Morgan fingerprint density at radius 1 is 1.38 bits per heavy atom. The van der Waals surface area contributed by atoms with Crippen LogP contribution in [-0.4, -0.2) is 36.2 Å². The van der Waals surface area contributed by atoms with Crippen LogP contribution < -0.4 is 5.32 Å². The van der Waals surface area contributed by atoms with Crippen LogP contribution in [0.25, 0.3) is 0 Å². The largest absolute Gasteiger partial charge is 0.444 e. The molecule has 0 saturated carbocycles. The molecule has 6 heteroatoms. The Bertz CT molecular complexity index is 565. The normalized spacial score (nSPS) is 19.0. The van der Waals surface area contributed by atoms with Crippen LogP contribution in [0, 0.1) is 6.92 Å². The van der Waals surface area contributed by atoms with E-state index < -0.39 is 11.7 Å². The van der Waals surface area contributed by atoms with Gasteiger partial charge in [0, 0.05) is 18.9 Å². The molecular weight excluding hydrogens is 332 g/mol. The molecule has 0 aliphatic carbocycles. The second-order valence-corrected chi connectivity index (χ2v) is 7.71. The number of nitrogens with one attached hydrogen (secondary N) is 1. The predicted octanol–water partition coefficient (Wildman–Crippen LogP) is 4.28. The van der Waals surface area contributed by atoms with Gasteiger partial charge in [0.15, 0.2) is 6.29 Å². The average molecular weight is 364 g/mol. The molecule has 1 unspecified atom stereocenters. The SMILES string of the molecule is Cc1cccc([C@H](CCCOC2CCCCO2)NC(=O)OC(C)(C)C)n1. The van der Waals surface area contributed by atoms with Crippen LogP contribution in [0.1, 0.15) is 70.3 Å². The van der Waals surface area contributed by atoms with E-state index >= 15 is 0 Å². The van der Waals surface area contributed by atoms with Crippen LogP contribution in [0.15, 0.2) is 18.2 Å². The number of hydrogen-bond donors (Lipinski definition) is 1. The second kappa shape index (κ2) is 9.88. The van der Waals surface area contributed by atoms with Crippen molar-refractivity contribution in [2.24, 2.45) is 0 Å². The van der Waals surface area contributed by atoms with E-state index in [-0.39, 0.29) is 12.3 Å². The Hall–Kier alpha value is -1.66. The summed E-state index contributed by atoms with van der Waals surface area (Å²) in [5, 5.41) is 2.95. The van der Waals surface area contributed by atoms with Crippen molar-refractivity contribution in [3.63, 3.8) is 0 Å².